The number of hydrogen-bond donors (Lipinski definition) is 1. The lowest BCUT2D eigenvalue weighted by Gasteiger charge is -2.34. The van der Waals surface area contributed by atoms with Gasteiger partial charge in [0, 0.05) is 18.6 Å². The summed E-state index contributed by atoms with van der Waals surface area (Å²) < 4.78 is 0. The fourth-order valence-corrected chi connectivity index (χ4v) is 3.05. The molecule has 0 amide bonds. The van der Waals surface area contributed by atoms with Crippen molar-refractivity contribution in [2.24, 2.45) is 5.92 Å². The predicted octanol–water partition coefficient (Wildman–Crippen LogP) is 2.64. The van der Waals surface area contributed by atoms with Gasteiger partial charge in [-0.05, 0) is 45.7 Å². The lowest BCUT2D eigenvalue weighted by Crippen LogP contribution is -2.45. The molecule has 0 aromatic rings. The zero-order valence-electron chi connectivity index (χ0n) is 11.0. The quantitative estimate of drug-likeness (QED) is 0.772. The molecule has 0 aromatic heterocycles. The van der Waals surface area contributed by atoms with Gasteiger partial charge in [-0.25, -0.2) is 0 Å². The third kappa shape index (κ3) is 3.46. The number of rotatable bonds is 5. The smallest absolute Gasteiger partial charge is 0.0217 e. The van der Waals surface area contributed by atoms with Crippen LogP contribution < -0.4 is 5.32 Å². The Hall–Kier alpha value is -0.0800. The molecule has 0 radical (unpaired) electrons. The number of hydrogen-bond acceptors (Lipinski definition) is 2. The van der Waals surface area contributed by atoms with Gasteiger partial charge in [0.05, 0.1) is 0 Å². The zero-order valence-corrected chi connectivity index (χ0v) is 11.0. The summed E-state index contributed by atoms with van der Waals surface area (Å²) in [5, 5.41) is 3.74. The lowest BCUT2D eigenvalue weighted by atomic mass is 9.81. The Bertz CT molecular complexity index is 201. The van der Waals surface area contributed by atoms with Crippen molar-refractivity contribution in [1.82, 2.24) is 10.2 Å². The number of nitrogens with one attached hydrogen (secondary N) is 1. The van der Waals surface area contributed by atoms with Gasteiger partial charge in [-0.1, -0.05) is 25.7 Å². The van der Waals surface area contributed by atoms with Crippen LogP contribution in [0.4, 0.5) is 0 Å². The van der Waals surface area contributed by atoms with E-state index in [4.69, 9.17) is 0 Å². The van der Waals surface area contributed by atoms with Crippen LogP contribution in [-0.4, -0.2) is 37.1 Å². The van der Waals surface area contributed by atoms with Crippen molar-refractivity contribution in [2.75, 3.05) is 20.1 Å². The third-order valence-corrected chi connectivity index (χ3v) is 4.54. The molecule has 1 aliphatic carbocycles. The first kappa shape index (κ1) is 12.4. The molecule has 0 spiro atoms. The summed E-state index contributed by atoms with van der Waals surface area (Å²) in [6, 6.07) is 1.51. The minimum atomic E-state index is 0.723. The third-order valence-electron chi connectivity index (χ3n) is 4.54. The van der Waals surface area contributed by atoms with Crippen molar-refractivity contribution in [2.45, 2.75) is 64.0 Å². The number of likely N-dealkylation sites (tertiary alicyclic amines) is 1. The Morgan fingerprint density at radius 2 is 2.00 bits per heavy atom. The van der Waals surface area contributed by atoms with Gasteiger partial charge in [-0.3, -0.25) is 0 Å². The molecule has 94 valence electrons. The Morgan fingerprint density at radius 3 is 2.62 bits per heavy atom. The van der Waals surface area contributed by atoms with E-state index in [1.807, 2.05) is 0 Å². The first-order chi connectivity index (χ1) is 7.75. The monoisotopic (exact) mass is 224 g/mol. The topological polar surface area (TPSA) is 15.3 Å². The van der Waals surface area contributed by atoms with Crippen LogP contribution in [0.25, 0.3) is 0 Å². The van der Waals surface area contributed by atoms with Crippen molar-refractivity contribution in [3.63, 3.8) is 0 Å². The van der Waals surface area contributed by atoms with Gasteiger partial charge in [-0.2, -0.15) is 0 Å². The van der Waals surface area contributed by atoms with E-state index < -0.39 is 0 Å². The fourth-order valence-electron chi connectivity index (χ4n) is 3.05. The molecular weight excluding hydrogens is 196 g/mol. The minimum absolute atomic E-state index is 0.723. The second-order valence-electron chi connectivity index (χ2n) is 5.97. The molecule has 16 heavy (non-hydrogen) atoms. The van der Waals surface area contributed by atoms with Gasteiger partial charge in [0.15, 0.2) is 0 Å². The predicted molar refractivity (Wildman–Crippen MR) is 69.7 cm³/mol. The highest BCUT2D eigenvalue weighted by Crippen LogP contribution is 2.30. The largest absolute Gasteiger partial charge is 0.313 e. The molecule has 2 atom stereocenters. The Balaban J connectivity index is 1.61. The van der Waals surface area contributed by atoms with E-state index in [1.165, 1.54) is 58.0 Å². The molecule has 2 heteroatoms. The summed E-state index contributed by atoms with van der Waals surface area (Å²) in [5.74, 6) is 1.03. The molecule has 1 saturated carbocycles. The highest BCUT2D eigenvalue weighted by Gasteiger charge is 2.22. The van der Waals surface area contributed by atoms with Gasteiger partial charge in [0.1, 0.15) is 0 Å². The molecule has 1 heterocycles. The first-order valence-electron chi connectivity index (χ1n) is 7.19. The Labute approximate surface area is 101 Å². The average Bonchev–Trinajstić information content (AvgIpc) is 2.22. The van der Waals surface area contributed by atoms with E-state index >= 15 is 0 Å². The summed E-state index contributed by atoms with van der Waals surface area (Å²) in [5.41, 5.74) is 0. The van der Waals surface area contributed by atoms with Gasteiger partial charge in [-0.15, -0.1) is 0 Å². The maximum absolute atomic E-state index is 3.74. The summed E-state index contributed by atoms with van der Waals surface area (Å²) in [7, 11) is 2.28. The Morgan fingerprint density at radius 1 is 1.19 bits per heavy atom. The Kier molecular flexibility index (Phi) is 4.66. The van der Waals surface area contributed by atoms with Crippen LogP contribution in [0.5, 0.6) is 0 Å². The van der Waals surface area contributed by atoms with Crippen LogP contribution in [0.3, 0.4) is 0 Å². The number of piperidine rings is 1. The van der Waals surface area contributed by atoms with Crippen molar-refractivity contribution in [3.8, 4) is 0 Å². The number of nitrogens with zero attached hydrogens (tertiary/aromatic N) is 1. The highest BCUT2D eigenvalue weighted by molar-refractivity contribution is 4.79. The van der Waals surface area contributed by atoms with Crippen molar-refractivity contribution >= 4 is 0 Å². The van der Waals surface area contributed by atoms with Crippen LogP contribution in [0, 0.1) is 5.92 Å². The molecule has 1 N–H and O–H groups in total. The molecule has 2 unspecified atom stereocenters. The van der Waals surface area contributed by atoms with Crippen molar-refractivity contribution in [1.29, 1.82) is 0 Å². The van der Waals surface area contributed by atoms with Crippen LogP contribution in [0.2, 0.25) is 0 Å². The zero-order chi connectivity index (χ0) is 11.4. The van der Waals surface area contributed by atoms with E-state index in [0.717, 1.165) is 18.0 Å². The molecule has 0 aromatic carbocycles. The van der Waals surface area contributed by atoms with Gasteiger partial charge < -0.3 is 10.2 Å². The average molecular weight is 224 g/mol. The van der Waals surface area contributed by atoms with E-state index in [0.29, 0.717) is 0 Å². The summed E-state index contributed by atoms with van der Waals surface area (Å²) >= 11 is 0. The van der Waals surface area contributed by atoms with E-state index in [9.17, 15) is 0 Å². The van der Waals surface area contributed by atoms with Crippen LogP contribution >= 0.6 is 0 Å². The summed E-state index contributed by atoms with van der Waals surface area (Å²) in [6.07, 6.45) is 10.0. The second-order valence-corrected chi connectivity index (χ2v) is 5.97. The maximum Gasteiger partial charge on any atom is 0.0217 e. The SMILES string of the molecule is CC(CC1CCC1)NCC1CCCCN1C. The van der Waals surface area contributed by atoms with Crippen LogP contribution in [-0.2, 0) is 0 Å². The first-order valence-corrected chi connectivity index (χ1v) is 7.19. The van der Waals surface area contributed by atoms with Gasteiger partial charge in [0.25, 0.3) is 0 Å². The molecule has 2 rings (SSSR count). The maximum atomic E-state index is 3.74. The molecular formula is C14H28N2. The molecule has 2 nitrogen and oxygen atoms in total. The fraction of sp³-hybridized carbons (Fsp3) is 1.00. The van der Waals surface area contributed by atoms with E-state index in [-0.39, 0.29) is 0 Å². The summed E-state index contributed by atoms with van der Waals surface area (Å²) in [4.78, 5) is 2.53. The van der Waals surface area contributed by atoms with E-state index in [2.05, 4.69) is 24.2 Å². The van der Waals surface area contributed by atoms with Gasteiger partial charge in [0.2, 0.25) is 0 Å². The van der Waals surface area contributed by atoms with E-state index in [1.54, 1.807) is 0 Å². The van der Waals surface area contributed by atoms with Crippen LogP contribution in [0.15, 0.2) is 0 Å². The molecule has 1 saturated heterocycles. The normalized spacial score (nSPS) is 30.0. The second kappa shape index (κ2) is 6.02. The van der Waals surface area contributed by atoms with Crippen molar-refractivity contribution in [3.05, 3.63) is 0 Å². The molecule has 2 fully saturated rings. The van der Waals surface area contributed by atoms with Crippen molar-refractivity contribution < 1.29 is 0 Å². The highest BCUT2D eigenvalue weighted by atomic mass is 15.2. The number of likely N-dealkylation sites (N-methyl/N-ethyl adjacent to an activating group) is 1. The molecule has 0 bridgehead atoms. The standard InChI is InChI=1S/C14H28N2/c1-12(10-13-6-5-7-13)15-11-14-8-3-4-9-16(14)2/h12-15H,3-11H2,1-2H3. The minimum Gasteiger partial charge on any atom is -0.313 e. The van der Waals surface area contributed by atoms with Gasteiger partial charge >= 0.3 is 0 Å². The summed E-state index contributed by atoms with van der Waals surface area (Å²) in [6.45, 7) is 4.86. The van der Waals surface area contributed by atoms with Crippen LogP contribution in [0.1, 0.15) is 51.9 Å². The lowest BCUT2D eigenvalue weighted by molar-refractivity contribution is 0.173. The molecule has 2 aliphatic rings. The molecule has 1 aliphatic heterocycles.